The van der Waals surface area contributed by atoms with Gasteiger partial charge in [-0.1, -0.05) is 170 Å². The summed E-state index contributed by atoms with van der Waals surface area (Å²) in [5.74, 6) is 0. The van der Waals surface area contributed by atoms with Crippen LogP contribution in [0.2, 0.25) is 0 Å². The molecule has 58 heavy (non-hydrogen) atoms. The van der Waals surface area contributed by atoms with Gasteiger partial charge in [-0.05, 0) is 106 Å². The number of rotatable bonds is 3. The fourth-order valence-corrected chi connectivity index (χ4v) is 9.95. The quantitative estimate of drug-likeness (QED) is 0.169. The van der Waals surface area contributed by atoms with E-state index < -0.39 is 0 Å². The van der Waals surface area contributed by atoms with Crippen molar-refractivity contribution in [2.24, 2.45) is 0 Å². The molecular formula is C56H32O2. The van der Waals surface area contributed by atoms with Gasteiger partial charge < -0.3 is 8.83 Å². The molecule has 0 radical (unpaired) electrons. The summed E-state index contributed by atoms with van der Waals surface area (Å²) in [6, 6.07) is 70.3. The summed E-state index contributed by atoms with van der Waals surface area (Å²) in [5, 5.41) is 16.5. The molecule has 11 aromatic carbocycles. The Hall–Kier alpha value is -7.68. The number of hydrogen-bond donors (Lipinski definition) is 0. The van der Waals surface area contributed by atoms with E-state index in [0.29, 0.717) is 0 Å². The van der Waals surface area contributed by atoms with Crippen molar-refractivity contribution in [1.29, 1.82) is 0 Å². The molecule has 2 heterocycles. The molecule has 13 rings (SSSR count). The van der Waals surface area contributed by atoms with Crippen LogP contribution in [0.3, 0.4) is 0 Å². The molecule has 0 aliphatic heterocycles. The molecule has 2 heteroatoms. The van der Waals surface area contributed by atoms with Crippen LogP contribution >= 0.6 is 0 Å². The zero-order valence-electron chi connectivity index (χ0n) is 31.3. The molecule has 0 fully saturated rings. The normalized spacial score (nSPS) is 12.1. The van der Waals surface area contributed by atoms with Gasteiger partial charge in [-0.2, -0.15) is 0 Å². The van der Waals surface area contributed by atoms with E-state index >= 15 is 0 Å². The van der Waals surface area contributed by atoms with Crippen LogP contribution in [0.4, 0.5) is 0 Å². The highest BCUT2D eigenvalue weighted by molar-refractivity contribution is 6.31. The van der Waals surface area contributed by atoms with E-state index in [-0.39, 0.29) is 0 Å². The highest BCUT2D eigenvalue weighted by Crippen LogP contribution is 2.50. The summed E-state index contributed by atoms with van der Waals surface area (Å²) in [4.78, 5) is 0. The van der Waals surface area contributed by atoms with E-state index in [2.05, 4.69) is 188 Å². The third kappa shape index (κ3) is 4.37. The molecule has 0 bridgehead atoms. The lowest BCUT2D eigenvalue weighted by Gasteiger charge is -2.20. The van der Waals surface area contributed by atoms with Crippen LogP contribution in [-0.4, -0.2) is 0 Å². The minimum atomic E-state index is 0.855. The van der Waals surface area contributed by atoms with Crippen molar-refractivity contribution in [3.63, 3.8) is 0 Å². The first-order valence-electron chi connectivity index (χ1n) is 19.9. The Labute approximate surface area is 332 Å². The van der Waals surface area contributed by atoms with Crippen LogP contribution < -0.4 is 0 Å². The van der Waals surface area contributed by atoms with Gasteiger partial charge in [-0.25, -0.2) is 0 Å². The van der Waals surface area contributed by atoms with E-state index in [1.165, 1.54) is 65.3 Å². The maximum atomic E-state index is 7.00. The van der Waals surface area contributed by atoms with Crippen LogP contribution in [-0.2, 0) is 0 Å². The van der Waals surface area contributed by atoms with Crippen molar-refractivity contribution >= 4 is 97.7 Å². The summed E-state index contributed by atoms with van der Waals surface area (Å²) in [5.41, 5.74) is 10.6. The predicted octanol–water partition coefficient (Wildman–Crippen LogP) is 16.3. The Morgan fingerprint density at radius 1 is 0.241 bits per heavy atom. The summed E-state index contributed by atoms with van der Waals surface area (Å²) < 4.78 is 13.7. The predicted molar refractivity (Wildman–Crippen MR) is 245 cm³/mol. The lowest BCUT2D eigenvalue weighted by Crippen LogP contribution is -1.93. The van der Waals surface area contributed by atoms with Gasteiger partial charge >= 0.3 is 0 Å². The maximum Gasteiger partial charge on any atom is 0.144 e. The monoisotopic (exact) mass is 736 g/mol. The smallest absolute Gasteiger partial charge is 0.144 e. The third-order valence-corrected chi connectivity index (χ3v) is 12.4. The van der Waals surface area contributed by atoms with Gasteiger partial charge in [-0.15, -0.1) is 0 Å². The molecule has 0 unspecified atom stereocenters. The first kappa shape index (κ1) is 31.5. The van der Waals surface area contributed by atoms with Crippen molar-refractivity contribution < 1.29 is 8.83 Å². The standard InChI is InChI=1S/C56H32O2/c1-2-16-35-31-50-48(30-34(35)15-1)55-54-46-25-11-12-27-49(46)57-51(54)32-47(56(55)58-50)39-28-29-45(38-20-6-5-19-37(38)39)53-43-23-9-7-21-41(43)52(42-22-8-10-24-44(42)53)40-26-13-17-33-14-3-4-18-36(33)40/h1-32H. The Kier molecular flexibility index (Phi) is 6.47. The Morgan fingerprint density at radius 2 is 0.741 bits per heavy atom. The molecule has 0 amide bonds. The first-order chi connectivity index (χ1) is 28.8. The Balaban J connectivity index is 1.12. The van der Waals surface area contributed by atoms with Crippen molar-refractivity contribution in [2.45, 2.75) is 0 Å². The zero-order valence-corrected chi connectivity index (χ0v) is 31.3. The van der Waals surface area contributed by atoms with Gasteiger partial charge in [0, 0.05) is 27.1 Å². The number of furan rings is 2. The zero-order chi connectivity index (χ0) is 37.9. The van der Waals surface area contributed by atoms with Crippen LogP contribution in [0.15, 0.2) is 203 Å². The van der Waals surface area contributed by atoms with Gasteiger partial charge in [0.2, 0.25) is 0 Å². The lowest BCUT2D eigenvalue weighted by atomic mass is 9.83. The highest BCUT2D eigenvalue weighted by atomic mass is 16.3. The van der Waals surface area contributed by atoms with Crippen molar-refractivity contribution in [3.05, 3.63) is 194 Å². The number of benzene rings is 11. The average molecular weight is 737 g/mol. The summed E-state index contributed by atoms with van der Waals surface area (Å²) in [7, 11) is 0. The van der Waals surface area contributed by atoms with E-state index in [0.717, 1.165) is 65.8 Å². The second kappa shape index (κ2) is 11.9. The van der Waals surface area contributed by atoms with Crippen molar-refractivity contribution in [2.75, 3.05) is 0 Å². The van der Waals surface area contributed by atoms with E-state index in [9.17, 15) is 0 Å². The highest BCUT2D eigenvalue weighted by Gasteiger charge is 2.24. The second-order valence-corrected chi connectivity index (χ2v) is 15.5. The van der Waals surface area contributed by atoms with E-state index in [4.69, 9.17) is 8.83 Å². The molecule has 0 spiro atoms. The summed E-state index contributed by atoms with van der Waals surface area (Å²) in [6.07, 6.45) is 0. The second-order valence-electron chi connectivity index (χ2n) is 15.5. The Morgan fingerprint density at radius 3 is 1.43 bits per heavy atom. The van der Waals surface area contributed by atoms with Crippen LogP contribution in [0.5, 0.6) is 0 Å². The number of hydrogen-bond acceptors (Lipinski definition) is 2. The van der Waals surface area contributed by atoms with Gasteiger partial charge in [0.05, 0.1) is 0 Å². The Bertz CT molecular complexity index is 3800. The molecule has 0 atom stereocenters. The fraction of sp³-hybridized carbons (Fsp3) is 0. The van der Waals surface area contributed by atoms with Gasteiger partial charge in [0.1, 0.15) is 22.3 Å². The fourth-order valence-electron chi connectivity index (χ4n) is 9.95. The maximum absolute atomic E-state index is 7.00. The number of para-hydroxylation sites is 1. The SMILES string of the molecule is c1ccc2cc3c(cc2c1)oc1c(-c2ccc(-c4c5ccccc5c(-c5cccc6ccccc56)c5ccccc45)c4ccccc24)cc2oc4ccccc4c2c13. The lowest BCUT2D eigenvalue weighted by molar-refractivity contribution is 0.664. The van der Waals surface area contributed by atoms with Crippen molar-refractivity contribution in [3.8, 4) is 33.4 Å². The largest absolute Gasteiger partial charge is 0.456 e. The van der Waals surface area contributed by atoms with E-state index in [1.807, 2.05) is 6.07 Å². The van der Waals surface area contributed by atoms with Gasteiger partial charge in [0.15, 0.2) is 0 Å². The third-order valence-electron chi connectivity index (χ3n) is 12.4. The topological polar surface area (TPSA) is 26.3 Å². The number of fused-ring (bicyclic) bond motifs is 12. The molecule has 0 saturated carbocycles. The minimum absolute atomic E-state index is 0.855. The van der Waals surface area contributed by atoms with E-state index in [1.54, 1.807) is 0 Å². The molecule has 0 saturated heterocycles. The van der Waals surface area contributed by atoms with Crippen LogP contribution in [0.25, 0.3) is 131 Å². The molecule has 13 aromatic rings. The van der Waals surface area contributed by atoms with Crippen molar-refractivity contribution in [1.82, 2.24) is 0 Å². The first-order valence-corrected chi connectivity index (χ1v) is 19.9. The molecular weight excluding hydrogens is 705 g/mol. The van der Waals surface area contributed by atoms with Crippen LogP contribution in [0, 0.1) is 0 Å². The molecule has 0 aliphatic carbocycles. The molecule has 2 nitrogen and oxygen atoms in total. The van der Waals surface area contributed by atoms with Gasteiger partial charge in [0.25, 0.3) is 0 Å². The van der Waals surface area contributed by atoms with Crippen LogP contribution in [0.1, 0.15) is 0 Å². The summed E-state index contributed by atoms with van der Waals surface area (Å²) >= 11 is 0. The van der Waals surface area contributed by atoms with Gasteiger partial charge in [-0.3, -0.25) is 0 Å². The minimum Gasteiger partial charge on any atom is -0.456 e. The molecule has 2 aromatic heterocycles. The average Bonchev–Trinajstić information content (AvgIpc) is 3.84. The molecule has 0 N–H and O–H groups in total. The molecule has 268 valence electrons. The summed E-state index contributed by atoms with van der Waals surface area (Å²) in [6.45, 7) is 0. The molecule has 0 aliphatic rings.